The lowest BCUT2D eigenvalue weighted by atomic mass is 10.4. The summed E-state index contributed by atoms with van der Waals surface area (Å²) in [4.78, 5) is 1.11. The van der Waals surface area contributed by atoms with Crippen LogP contribution in [0.5, 0.6) is 0 Å². The van der Waals surface area contributed by atoms with Crippen LogP contribution in [0.2, 0.25) is 0 Å². The monoisotopic (exact) mass is 202 g/mol. The van der Waals surface area contributed by atoms with Gasteiger partial charge >= 0.3 is 6.18 Å². The molecule has 0 atom stereocenters. The zero-order valence-electron chi connectivity index (χ0n) is 7.28. The molecule has 0 spiro atoms. The van der Waals surface area contributed by atoms with Gasteiger partial charge in [-0.15, -0.1) is 0 Å². The molecule has 0 unspecified atom stereocenters. The van der Waals surface area contributed by atoms with Crippen LogP contribution in [0, 0.1) is 0 Å². The molecular formula is C7H14F4N2. The van der Waals surface area contributed by atoms with Crippen molar-refractivity contribution in [3.63, 3.8) is 0 Å². The summed E-state index contributed by atoms with van der Waals surface area (Å²) in [5, 5.41) is 0. The summed E-state index contributed by atoms with van der Waals surface area (Å²) in [7, 11) is 0. The molecule has 13 heavy (non-hydrogen) atoms. The topological polar surface area (TPSA) is 29.3 Å². The Balaban J connectivity index is 3.79. The molecule has 0 rings (SSSR count). The average Bonchev–Trinajstić information content (AvgIpc) is 1.98. The molecule has 0 aromatic heterocycles. The smallest absolute Gasteiger partial charge is 0.329 e. The molecule has 0 bridgehead atoms. The molecule has 0 aliphatic heterocycles. The Kier molecular flexibility index (Phi) is 5.98. The van der Waals surface area contributed by atoms with Crippen molar-refractivity contribution in [3.05, 3.63) is 0 Å². The highest BCUT2D eigenvalue weighted by Crippen LogP contribution is 2.16. The molecule has 0 aliphatic rings. The predicted molar refractivity (Wildman–Crippen MR) is 42.1 cm³/mol. The standard InChI is InChI=1S/C7H14F4N2/c8-2-1-4-13(5-3-12)6-7(9,10)11/h1-6,12H2. The molecule has 0 aliphatic carbocycles. The Labute approximate surface area is 74.7 Å². The minimum absolute atomic E-state index is 0.104. The van der Waals surface area contributed by atoms with Crippen LogP contribution in [-0.4, -0.2) is 43.9 Å². The first-order valence-corrected chi connectivity index (χ1v) is 4.04. The minimum atomic E-state index is -4.23. The van der Waals surface area contributed by atoms with Crippen LogP contribution >= 0.6 is 0 Å². The summed E-state index contributed by atoms with van der Waals surface area (Å²) in [5.74, 6) is 0. The Morgan fingerprint density at radius 1 is 1.15 bits per heavy atom. The van der Waals surface area contributed by atoms with Gasteiger partial charge in [-0.25, -0.2) is 0 Å². The van der Waals surface area contributed by atoms with Crippen molar-refractivity contribution in [3.8, 4) is 0 Å². The molecule has 0 saturated heterocycles. The molecule has 0 saturated carbocycles. The Morgan fingerprint density at radius 3 is 2.15 bits per heavy atom. The van der Waals surface area contributed by atoms with Crippen molar-refractivity contribution >= 4 is 0 Å². The van der Waals surface area contributed by atoms with E-state index >= 15 is 0 Å². The largest absolute Gasteiger partial charge is 0.401 e. The molecule has 0 fully saturated rings. The summed E-state index contributed by atoms with van der Waals surface area (Å²) in [6.45, 7) is -1.20. The zero-order valence-corrected chi connectivity index (χ0v) is 7.28. The SMILES string of the molecule is NCCN(CCCF)CC(F)(F)F. The van der Waals surface area contributed by atoms with Gasteiger partial charge in [0.25, 0.3) is 0 Å². The fourth-order valence-electron chi connectivity index (χ4n) is 0.989. The van der Waals surface area contributed by atoms with Gasteiger partial charge in [-0.1, -0.05) is 0 Å². The Morgan fingerprint density at radius 2 is 1.77 bits per heavy atom. The van der Waals surface area contributed by atoms with Crippen molar-refractivity contribution in [1.29, 1.82) is 0 Å². The first-order chi connectivity index (χ1) is 5.99. The predicted octanol–water partition coefficient (Wildman–Crippen LogP) is 1.17. The molecule has 0 aromatic rings. The maximum atomic E-state index is 11.9. The van der Waals surface area contributed by atoms with Crippen molar-refractivity contribution in [1.82, 2.24) is 4.90 Å². The summed E-state index contributed by atoms with van der Waals surface area (Å²) < 4.78 is 47.3. The second-order valence-corrected chi connectivity index (χ2v) is 2.72. The van der Waals surface area contributed by atoms with Crippen LogP contribution in [-0.2, 0) is 0 Å². The van der Waals surface area contributed by atoms with Gasteiger partial charge in [-0.2, -0.15) is 13.2 Å². The Hall–Kier alpha value is -0.360. The van der Waals surface area contributed by atoms with E-state index in [9.17, 15) is 17.6 Å². The van der Waals surface area contributed by atoms with Crippen LogP contribution in [0.3, 0.4) is 0 Å². The summed E-state index contributed by atoms with van der Waals surface area (Å²) in [5.41, 5.74) is 5.12. The van der Waals surface area contributed by atoms with Crippen molar-refractivity contribution in [2.24, 2.45) is 5.73 Å². The lowest BCUT2D eigenvalue weighted by Gasteiger charge is -2.22. The van der Waals surface area contributed by atoms with Gasteiger partial charge < -0.3 is 5.73 Å². The number of hydrogen-bond acceptors (Lipinski definition) is 2. The zero-order chi connectivity index (χ0) is 10.3. The van der Waals surface area contributed by atoms with E-state index in [0.717, 1.165) is 4.90 Å². The second kappa shape index (κ2) is 6.15. The first-order valence-electron chi connectivity index (χ1n) is 4.04. The van der Waals surface area contributed by atoms with Gasteiger partial charge in [-0.3, -0.25) is 9.29 Å². The summed E-state index contributed by atoms with van der Waals surface area (Å²) >= 11 is 0. The van der Waals surface area contributed by atoms with Crippen molar-refractivity contribution in [2.75, 3.05) is 32.9 Å². The minimum Gasteiger partial charge on any atom is -0.329 e. The van der Waals surface area contributed by atoms with Gasteiger partial charge in [0.05, 0.1) is 13.2 Å². The summed E-state index contributed by atoms with van der Waals surface area (Å²) in [6, 6.07) is 0. The molecular weight excluding hydrogens is 188 g/mol. The lowest BCUT2D eigenvalue weighted by molar-refractivity contribution is -0.145. The number of nitrogens with zero attached hydrogens (tertiary/aromatic N) is 1. The van der Waals surface area contributed by atoms with Gasteiger partial charge in [0, 0.05) is 19.6 Å². The number of nitrogens with two attached hydrogens (primary N) is 1. The molecule has 2 N–H and O–H groups in total. The summed E-state index contributed by atoms with van der Waals surface area (Å²) in [6.07, 6.45) is -4.11. The second-order valence-electron chi connectivity index (χ2n) is 2.72. The average molecular weight is 202 g/mol. The Bertz CT molecular complexity index is 126. The third kappa shape index (κ3) is 7.98. The van der Waals surface area contributed by atoms with Crippen LogP contribution < -0.4 is 5.73 Å². The van der Waals surface area contributed by atoms with E-state index in [1.807, 2.05) is 0 Å². The lowest BCUT2D eigenvalue weighted by Crippen LogP contribution is -2.38. The maximum Gasteiger partial charge on any atom is 0.401 e. The van der Waals surface area contributed by atoms with E-state index in [2.05, 4.69) is 0 Å². The fraction of sp³-hybridized carbons (Fsp3) is 1.00. The van der Waals surface area contributed by atoms with E-state index in [0.29, 0.717) is 0 Å². The maximum absolute atomic E-state index is 11.9. The van der Waals surface area contributed by atoms with Crippen LogP contribution in [0.25, 0.3) is 0 Å². The van der Waals surface area contributed by atoms with Crippen molar-refractivity contribution in [2.45, 2.75) is 12.6 Å². The molecule has 0 heterocycles. The van der Waals surface area contributed by atoms with Gasteiger partial charge in [-0.05, 0) is 6.42 Å². The third-order valence-electron chi connectivity index (χ3n) is 1.46. The highest BCUT2D eigenvalue weighted by Gasteiger charge is 2.29. The van der Waals surface area contributed by atoms with Crippen molar-refractivity contribution < 1.29 is 17.6 Å². The number of rotatable bonds is 6. The van der Waals surface area contributed by atoms with E-state index in [-0.39, 0.29) is 26.1 Å². The number of hydrogen-bond donors (Lipinski definition) is 1. The van der Waals surface area contributed by atoms with E-state index in [1.165, 1.54) is 0 Å². The molecule has 0 amide bonds. The highest BCUT2D eigenvalue weighted by molar-refractivity contribution is 4.63. The quantitative estimate of drug-likeness (QED) is 0.655. The first kappa shape index (κ1) is 12.6. The van der Waals surface area contributed by atoms with Gasteiger partial charge in [0.15, 0.2) is 0 Å². The number of halogens is 4. The van der Waals surface area contributed by atoms with E-state index in [1.54, 1.807) is 0 Å². The highest BCUT2D eigenvalue weighted by atomic mass is 19.4. The van der Waals surface area contributed by atoms with Crippen LogP contribution in [0.15, 0.2) is 0 Å². The normalized spacial score (nSPS) is 12.5. The molecule has 0 radical (unpaired) electrons. The van der Waals surface area contributed by atoms with E-state index in [4.69, 9.17) is 5.73 Å². The van der Waals surface area contributed by atoms with Crippen LogP contribution in [0.4, 0.5) is 17.6 Å². The van der Waals surface area contributed by atoms with E-state index < -0.39 is 19.4 Å². The van der Waals surface area contributed by atoms with Gasteiger partial charge in [0.1, 0.15) is 0 Å². The number of alkyl halides is 4. The van der Waals surface area contributed by atoms with Crippen LogP contribution in [0.1, 0.15) is 6.42 Å². The molecule has 0 aromatic carbocycles. The van der Waals surface area contributed by atoms with Gasteiger partial charge in [0.2, 0.25) is 0 Å². The molecule has 2 nitrogen and oxygen atoms in total. The third-order valence-corrected chi connectivity index (χ3v) is 1.46. The molecule has 6 heteroatoms. The fourth-order valence-corrected chi connectivity index (χ4v) is 0.989. The molecule has 80 valence electrons.